The van der Waals surface area contributed by atoms with Crippen LogP contribution in [0.25, 0.3) is 0 Å². The van der Waals surface area contributed by atoms with Gasteiger partial charge in [0.2, 0.25) is 0 Å². The number of hydrogen-bond acceptors (Lipinski definition) is 1. The highest BCUT2D eigenvalue weighted by atomic mass is 19.1. The van der Waals surface area contributed by atoms with Crippen LogP contribution in [0.2, 0.25) is 0 Å². The van der Waals surface area contributed by atoms with Gasteiger partial charge in [0, 0.05) is 12.1 Å². The number of unbranched alkanes of at least 4 members (excludes halogenated alkanes) is 1. The molecule has 0 saturated carbocycles. The van der Waals surface area contributed by atoms with Crippen molar-refractivity contribution in [2.45, 2.75) is 32.7 Å². The molecule has 0 aliphatic carbocycles. The smallest absolute Gasteiger partial charge is 0.138 e. The topological polar surface area (TPSA) is 26.0 Å². The van der Waals surface area contributed by atoms with Crippen molar-refractivity contribution in [1.82, 2.24) is 0 Å². The zero-order valence-corrected chi connectivity index (χ0v) is 12.3. The second-order valence-corrected chi connectivity index (χ2v) is 5.07. The third kappa shape index (κ3) is 4.44. The monoisotopic (exact) mass is 281 g/mol. The molecule has 108 valence electrons. The molecule has 0 amide bonds. The van der Waals surface area contributed by atoms with Gasteiger partial charge in [0.25, 0.3) is 0 Å². The van der Waals surface area contributed by atoms with E-state index in [1.807, 2.05) is 36.4 Å². The summed E-state index contributed by atoms with van der Waals surface area (Å²) in [5, 5.41) is 0. The molecule has 2 N–H and O–H groups in total. The van der Waals surface area contributed by atoms with E-state index in [1.54, 1.807) is 0 Å². The van der Waals surface area contributed by atoms with Gasteiger partial charge >= 0.3 is 0 Å². The Morgan fingerprint density at radius 3 is 2.38 bits per heavy atom. The van der Waals surface area contributed by atoms with E-state index < -0.39 is 0 Å². The number of halogens is 1. The Morgan fingerprint density at radius 1 is 1.00 bits per heavy atom. The van der Waals surface area contributed by atoms with Crippen LogP contribution in [-0.2, 0) is 13.0 Å². The number of hydrogen-bond donors (Lipinski definition) is 1. The fraction of sp³-hybridized carbons (Fsp3) is 0.263. The first-order valence-corrected chi connectivity index (χ1v) is 7.32. The van der Waals surface area contributed by atoms with Gasteiger partial charge < -0.3 is 5.73 Å². The maximum absolute atomic E-state index is 13.8. The third-order valence-corrected chi connectivity index (χ3v) is 3.38. The molecule has 0 atom stereocenters. The first-order chi connectivity index (χ1) is 10.2. The molecule has 1 nitrogen and oxygen atoms in total. The minimum absolute atomic E-state index is 0.263. The summed E-state index contributed by atoms with van der Waals surface area (Å²) >= 11 is 0. The van der Waals surface area contributed by atoms with Crippen molar-refractivity contribution in [1.29, 1.82) is 0 Å². The summed E-state index contributed by atoms with van der Waals surface area (Å²) in [7, 11) is 0. The summed E-state index contributed by atoms with van der Waals surface area (Å²) < 4.78 is 13.8. The van der Waals surface area contributed by atoms with Gasteiger partial charge in [0.1, 0.15) is 5.82 Å². The average Bonchev–Trinajstić information content (AvgIpc) is 2.53. The summed E-state index contributed by atoms with van der Waals surface area (Å²) in [4.78, 5) is 0. The van der Waals surface area contributed by atoms with E-state index in [-0.39, 0.29) is 5.82 Å². The highest BCUT2D eigenvalue weighted by Crippen LogP contribution is 2.12. The Labute approximate surface area is 126 Å². The Hall–Kier alpha value is -2.11. The molecule has 2 aromatic carbocycles. The first-order valence-electron chi connectivity index (χ1n) is 7.32. The van der Waals surface area contributed by atoms with Crippen molar-refractivity contribution >= 4 is 0 Å². The van der Waals surface area contributed by atoms with Crippen LogP contribution in [0.3, 0.4) is 0 Å². The molecule has 0 radical (unpaired) electrons. The summed E-state index contributed by atoms with van der Waals surface area (Å²) in [6.07, 6.45) is 3.21. The van der Waals surface area contributed by atoms with Crippen LogP contribution < -0.4 is 5.73 Å². The van der Waals surface area contributed by atoms with Crippen LogP contribution in [0.4, 0.5) is 4.39 Å². The van der Waals surface area contributed by atoms with Crippen LogP contribution >= 0.6 is 0 Å². The van der Waals surface area contributed by atoms with E-state index in [2.05, 4.69) is 18.8 Å². The Balaban J connectivity index is 2.19. The van der Waals surface area contributed by atoms with Gasteiger partial charge in [-0.3, -0.25) is 0 Å². The first kappa shape index (κ1) is 15.3. The highest BCUT2D eigenvalue weighted by Gasteiger charge is 2.01. The summed E-state index contributed by atoms with van der Waals surface area (Å²) in [5.74, 6) is 5.67. The van der Waals surface area contributed by atoms with E-state index in [0.29, 0.717) is 12.1 Å². The molecular formula is C19H20FN. The zero-order valence-electron chi connectivity index (χ0n) is 12.3. The van der Waals surface area contributed by atoms with Crippen molar-refractivity contribution in [3.8, 4) is 11.8 Å². The maximum atomic E-state index is 13.8. The van der Waals surface area contributed by atoms with E-state index in [9.17, 15) is 4.39 Å². The minimum Gasteiger partial charge on any atom is -0.326 e. The fourth-order valence-corrected chi connectivity index (χ4v) is 2.07. The second kappa shape index (κ2) is 7.61. The van der Waals surface area contributed by atoms with E-state index >= 15 is 0 Å². The Bertz CT molecular complexity index is 648. The van der Waals surface area contributed by atoms with Gasteiger partial charge in [-0.25, -0.2) is 4.39 Å². The second-order valence-electron chi connectivity index (χ2n) is 5.07. The van der Waals surface area contributed by atoms with Crippen LogP contribution in [0, 0.1) is 17.7 Å². The summed E-state index contributed by atoms with van der Waals surface area (Å²) in [5.41, 5.74) is 9.09. The largest absolute Gasteiger partial charge is 0.326 e. The average molecular weight is 281 g/mol. The van der Waals surface area contributed by atoms with Gasteiger partial charge in [-0.15, -0.1) is 0 Å². The van der Waals surface area contributed by atoms with E-state index in [4.69, 9.17) is 5.73 Å². The molecule has 0 saturated heterocycles. The van der Waals surface area contributed by atoms with Crippen molar-refractivity contribution in [2.24, 2.45) is 5.73 Å². The number of benzene rings is 2. The van der Waals surface area contributed by atoms with Crippen molar-refractivity contribution < 1.29 is 4.39 Å². The lowest BCUT2D eigenvalue weighted by Crippen LogP contribution is -1.95. The quantitative estimate of drug-likeness (QED) is 0.841. The van der Waals surface area contributed by atoms with Crippen molar-refractivity contribution in [3.63, 3.8) is 0 Å². The van der Waals surface area contributed by atoms with Gasteiger partial charge in [-0.2, -0.15) is 0 Å². The van der Waals surface area contributed by atoms with Crippen LogP contribution in [0.1, 0.15) is 42.0 Å². The third-order valence-electron chi connectivity index (χ3n) is 3.38. The standard InChI is InChI=1S/C19H20FN/c1-2-3-4-16-10-12-19(20)18(13-16)11-9-15-5-7-17(14-21)8-6-15/h5-8,10,12-13H,2-4,14,21H2,1H3. The predicted octanol–water partition coefficient (Wildman–Crippen LogP) is 4.03. The Morgan fingerprint density at radius 2 is 1.71 bits per heavy atom. The van der Waals surface area contributed by atoms with Crippen LogP contribution in [0.15, 0.2) is 42.5 Å². The summed E-state index contributed by atoms with van der Waals surface area (Å²) in [6.45, 7) is 2.66. The molecule has 0 fully saturated rings. The van der Waals surface area contributed by atoms with Crippen LogP contribution in [-0.4, -0.2) is 0 Å². The van der Waals surface area contributed by atoms with Gasteiger partial charge in [-0.1, -0.05) is 43.4 Å². The van der Waals surface area contributed by atoms with Crippen molar-refractivity contribution in [2.75, 3.05) is 0 Å². The molecule has 2 heteroatoms. The fourth-order valence-electron chi connectivity index (χ4n) is 2.07. The molecule has 2 aromatic rings. The minimum atomic E-state index is -0.263. The lowest BCUT2D eigenvalue weighted by Gasteiger charge is -2.01. The molecule has 2 rings (SSSR count). The van der Waals surface area contributed by atoms with E-state index in [1.165, 1.54) is 6.07 Å². The lowest BCUT2D eigenvalue weighted by molar-refractivity contribution is 0.623. The molecule has 0 aliphatic rings. The predicted molar refractivity (Wildman–Crippen MR) is 85.3 cm³/mol. The number of aryl methyl sites for hydroxylation is 1. The molecule has 0 aliphatic heterocycles. The molecule has 0 unspecified atom stereocenters. The number of rotatable bonds is 4. The molecular weight excluding hydrogens is 261 g/mol. The SMILES string of the molecule is CCCCc1ccc(F)c(C#Cc2ccc(CN)cc2)c1. The van der Waals surface area contributed by atoms with Crippen LogP contribution in [0.5, 0.6) is 0 Å². The van der Waals surface area contributed by atoms with Gasteiger partial charge in [0.15, 0.2) is 0 Å². The normalized spacial score (nSPS) is 10.0. The van der Waals surface area contributed by atoms with Gasteiger partial charge in [-0.05, 0) is 48.2 Å². The molecule has 0 aromatic heterocycles. The lowest BCUT2D eigenvalue weighted by atomic mass is 10.0. The molecule has 21 heavy (non-hydrogen) atoms. The highest BCUT2D eigenvalue weighted by molar-refractivity contribution is 5.45. The van der Waals surface area contributed by atoms with Crippen molar-refractivity contribution in [3.05, 3.63) is 70.5 Å². The number of nitrogens with two attached hydrogens (primary N) is 1. The maximum Gasteiger partial charge on any atom is 0.138 e. The van der Waals surface area contributed by atoms with E-state index in [0.717, 1.165) is 36.0 Å². The molecule has 0 spiro atoms. The van der Waals surface area contributed by atoms with Gasteiger partial charge in [0.05, 0.1) is 5.56 Å². The zero-order chi connectivity index (χ0) is 15.1. The summed E-state index contributed by atoms with van der Waals surface area (Å²) in [6, 6.07) is 12.9. The Kier molecular flexibility index (Phi) is 5.54. The molecule has 0 bridgehead atoms. The molecule has 0 heterocycles.